The number of benzene rings is 1. The molecule has 2 heterocycles. The van der Waals surface area contributed by atoms with Gasteiger partial charge in [0.2, 0.25) is 0 Å². The van der Waals surface area contributed by atoms with Crippen LogP contribution in [-0.4, -0.2) is 34.1 Å². The molecular weight excluding hydrogens is 310 g/mol. The smallest absolute Gasteiger partial charge is 0.131 e. The molecule has 1 aliphatic carbocycles. The zero-order valence-electron chi connectivity index (χ0n) is 15.0. The van der Waals surface area contributed by atoms with Gasteiger partial charge in [0.25, 0.3) is 0 Å². The number of ether oxygens (including phenoxy) is 1. The number of aryl methyl sites for hydroxylation is 1. The molecule has 25 heavy (non-hydrogen) atoms. The maximum Gasteiger partial charge on any atom is 0.131 e. The summed E-state index contributed by atoms with van der Waals surface area (Å²) < 4.78 is 6.02. The second kappa shape index (κ2) is 7.52. The second-order valence-corrected chi connectivity index (χ2v) is 7.53. The van der Waals surface area contributed by atoms with Crippen LogP contribution in [0.1, 0.15) is 55.0 Å². The Morgan fingerprint density at radius 3 is 2.56 bits per heavy atom. The van der Waals surface area contributed by atoms with Gasteiger partial charge in [0.1, 0.15) is 17.7 Å². The lowest BCUT2D eigenvalue weighted by atomic mass is 9.89. The molecule has 0 spiro atoms. The summed E-state index contributed by atoms with van der Waals surface area (Å²) in [5.41, 5.74) is 2.44. The van der Waals surface area contributed by atoms with Crippen LogP contribution in [0.15, 0.2) is 36.7 Å². The molecule has 4 nitrogen and oxygen atoms in total. The van der Waals surface area contributed by atoms with Crippen molar-refractivity contribution in [3.8, 4) is 5.75 Å². The van der Waals surface area contributed by atoms with E-state index >= 15 is 0 Å². The van der Waals surface area contributed by atoms with Gasteiger partial charge in [0.15, 0.2) is 0 Å². The monoisotopic (exact) mass is 337 g/mol. The molecule has 1 aromatic heterocycles. The summed E-state index contributed by atoms with van der Waals surface area (Å²) in [5, 5.41) is 0. The maximum atomic E-state index is 6.02. The van der Waals surface area contributed by atoms with Crippen LogP contribution in [0.5, 0.6) is 5.75 Å². The summed E-state index contributed by atoms with van der Waals surface area (Å²) in [6, 6.07) is 8.28. The van der Waals surface area contributed by atoms with Crippen LogP contribution < -0.4 is 4.74 Å². The number of hydrogen-bond acceptors (Lipinski definition) is 4. The predicted octanol–water partition coefficient (Wildman–Crippen LogP) is 4.10. The van der Waals surface area contributed by atoms with E-state index < -0.39 is 0 Å². The lowest BCUT2D eigenvalue weighted by Gasteiger charge is -2.39. The Kier molecular flexibility index (Phi) is 4.97. The molecule has 2 aromatic rings. The third-order valence-corrected chi connectivity index (χ3v) is 5.32. The number of aromatic nitrogens is 2. The third kappa shape index (κ3) is 4.18. The summed E-state index contributed by atoms with van der Waals surface area (Å²) in [7, 11) is 0. The molecule has 1 saturated carbocycles. The van der Waals surface area contributed by atoms with Gasteiger partial charge in [-0.25, -0.2) is 9.97 Å². The van der Waals surface area contributed by atoms with E-state index in [4.69, 9.17) is 4.74 Å². The highest BCUT2D eigenvalue weighted by Gasteiger charge is 2.28. The summed E-state index contributed by atoms with van der Waals surface area (Å²) >= 11 is 0. The molecule has 0 atom stereocenters. The second-order valence-electron chi connectivity index (χ2n) is 7.53. The van der Waals surface area contributed by atoms with E-state index in [1.54, 1.807) is 0 Å². The molecule has 2 fully saturated rings. The number of likely N-dealkylation sites (tertiary alicyclic amines) is 1. The van der Waals surface area contributed by atoms with Gasteiger partial charge in [0.05, 0.1) is 0 Å². The van der Waals surface area contributed by atoms with E-state index in [-0.39, 0.29) is 0 Å². The van der Waals surface area contributed by atoms with Crippen molar-refractivity contribution in [1.29, 1.82) is 0 Å². The molecule has 4 rings (SSSR count). The number of rotatable bonds is 5. The molecule has 0 amide bonds. The molecule has 0 N–H and O–H groups in total. The van der Waals surface area contributed by atoms with Crippen molar-refractivity contribution < 1.29 is 4.74 Å². The first-order valence-corrected chi connectivity index (χ1v) is 9.53. The van der Waals surface area contributed by atoms with Crippen LogP contribution in [-0.2, 0) is 6.54 Å². The van der Waals surface area contributed by atoms with Gasteiger partial charge in [-0.15, -0.1) is 0 Å². The molecule has 0 bridgehead atoms. The molecule has 1 aliphatic heterocycles. The SMILES string of the molecule is Cc1cccc(OC2CN(Cc3cnc(C4CCCCC4)nc3)C2)c1. The highest BCUT2D eigenvalue weighted by molar-refractivity contribution is 5.27. The van der Waals surface area contributed by atoms with Crippen molar-refractivity contribution in [3.63, 3.8) is 0 Å². The lowest BCUT2D eigenvalue weighted by Crippen LogP contribution is -2.53. The number of hydrogen-bond donors (Lipinski definition) is 0. The van der Waals surface area contributed by atoms with E-state index in [0.29, 0.717) is 12.0 Å². The Labute approximate surface area is 150 Å². The van der Waals surface area contributed by atoms with Gasteiger partial charge < -0.3 is 4.74 Å². The molecule has 132 valence electrons. The first-order valence-electron chi connectivity index (χ1n) is 9.53. The van der Waals surface area contributed by atoms with Crippen molar-refractivity contribution in [3.05, 3.63) is 53.6 Å². The molecule has 4 heteroatoms. The predicted molar refractivity (Wildman–Crippen MR) is 98.7 cm³/mol. The molecule has 1 aromatic carbocycles. The van der Waals surface area contributed by atoms with Crippen LogP contribution in [0.3, 0.4) is 0 Å². The Hall–Kier alpha value is -1.94. The Balaban J connectivity index is 1.25. The molecule has 0 radical (unpaired) electrons. The molecule has 1 saturated heterocycles. The van der Waals surface area contributed by atoms with E-state index in [9.17, 15) is 0 Å². The van der Waals surface area contributed by atoms with E-state index in [2.05, 4.69) is 33.9 Å². The van der Waals surface area contributed by atoms with Gasteiger partial charge in [-0.2, -0.15) is 0 Å². The Bertz CT molecular complexity index is 689. The topological polar surface area (TPSA) is 38.2 Å². The summed E-state index contributed by atoms with van der Waals surface area (Å²) in [6.45, 7) is 4.95. The maximum absolute atomic E-state index is 6.02. The van der Waals surface area contributed by atoms with Gasteiger partial charge in [-0.1, -0.05) is 31.4 Å². The fraction of sp³-hybridized carbons (Fsp3) is 0.524. The van der Waals surface area contributed by atoms with Crippen molar-refractivity contribution in [1.82, 2.24) is 14.9 Å². The highest BCUT2D eigenvalue weighted by Crippen LogP contribution is 2.30. The fourth-order valence-electron chi connectivity index (χ4n) is 3.88. The zero-order valence-corrected chi connectivity index (χ0v) is 15.0. The largest absolute Gasteiger partial charge is 0.488 e. The molecule has 0 unspecified atom stereocenters. The average Bonchev–Trinajstić information content (AvgIpc) is 2.61. The van der Waals surface area contributed by atoms with E-state index in [0.717, 1.165) is 31.2 Å². The summed E-state index contributed by atoms with van der Waals surface area (Å²) in [5.74, 6) is 2.61. The van der Waals surface area contributed by atoms with Crippen LogP contribution in [0, 0.1) is 6.92 Å². The lowest BCUT2D eigenvalue weighted by molar-refractivity contribution is 0.0144. The van der Waals surface area contributed by atoms with Crippen LogP contribution in [0.2, 0.25) is 0 Å². The summed E-state index contributed by atoms with van der Waals surface area (Å²) in [6.07, 6.45) is 10.9. The van der Waals surface area contributed by atoms with Gasteiger partial charge >= 0.3 is 0 Å². The standard InChI is InChI=1S/C21H27N3O/c1-16-6-5-9-19(10-16)25-20-14-24(15-20)13-17-11-22-21(23-12-17)18-7-3-2-4-8-18/h5-6,9-12,18,20H,2-4,7-8,13-15H2,1H3. The van der Waals surface area contributed by atoms with Crippen molar-refractivity contribution in [2.24, 2.45) is 0 Å². The van der Waals surface area contributed by atoms with Gasteiger partial charge in [-0.05, 0) is 37.5 Å². The number of nitrogens with zero attached hydrogens (tertiary/aromatic N) is 3. The minimum atomic E-state index is 0.296. The quantitative estimate of drug-likeness (QED) is 0.823. The van der Waals surface area contributed by atoms with Gasteiger partial charge in [-0.3, -0.25) is 4.90 Å². The van der Waals surface area contributed by atoms with Crippen molar-refractivity contribution >= 4 is 0 Å². The normalized spacial score (nSPS) is 19.6. The van der Waals surface area contributed by atoms with Crippen molar-refractivity contribution in [2.45, 2.75) is 57.6 Å². The van der Waals surface area contributed by atoms with E-state index in [1.807, 2.05) is 24.5 Å². The van der Waals surface area contributed by atoms with E-state index in [1.165, 1.54) is 43.2 Å². The first kappa shape index (κ1) is 16.5. The zero-order chi connectivity index (χ0) is 17.1. The van der Waals surface area contributed by atoms with Crippen LogP contribution >= 0.6 is 0 Å². The summed E-state index contributed by atoms with van der Waals surface area (Å²) in [4.78, 5) is 11.7. The van der Waals surface area contributed by atoms with Crippen molar-refractivity contribution in [2.75, 3.05) is 13.1 Å². The Morgan fingerprint density at radius 2 is 1.84 bits per heavy atom. The fourth-order valence-corrected chi connectivity index (χ4v) is 3.88. The molecule has 2 aliphatic rings. The minimum Gasteiger partial charge on any atom is -0.488 e. The van der Waals surface area contributed by atoms with Gasteiger partial charge in [0, 0.05) is 43.5 Å². The third-order valence-electron chi connectivity index (χ3n) is 5.32. The highest BCUT2D eigenvalue weighted by atomic mass is 16.5. The average molecular weight is 337 g/mol. The minimum absolute atomic E-state index is 0.296. The first-order chi connectivity index (χ1) is 12.3. The Morgan fingerprint density at radius 1 is 1.08 bits per heavy atom. The van der Waals surface area contributed by atoms with Crippen LogP contribution in [0.25, 0.3) is 0 Å². The molecular formula is C21H27N3O. The van der Waals surface area contributed by atoms with Crippen LogP contribution in [0.4, 0.5) is 0 Å².